The monoisotopic (exact) mass is 229 g/mol. The highest BCUT2D eigenvalue weighted by Crippen LogP contribution is 2.03. The molecular weight excluding hydrogens is 214 g/mol. The summed E-state index contributed by atoms with van der Waals surface area (Å²) in [5.74, 6) is -0.0580. The first-order valence-electron chi connectivity index (χ1n) is 4.79. The molecule has 0 heterocycles. The van der Waals surface area contributed by atoms with Gasteiger partial charge < -0.3 is 0 Å². The van der Waals surface area contributed by atoms with Gasteiger partial charge in [0.25, 0.3) is 0 Å². The predicted molar refractivity (Wildman–Crippen MR) is 58.4 cm³/mol. The number of benzene rings is 1. The minimum atomic E-state index is -3.38. The van der Waals surface area contributed by atoms with Crippen molar-refractivity contribution >= 4 is 10.0 Å². The van der Waals surface area contributed by atoms with Crippen LogP contribution in [0.2, 0.25) is 0 Å². The van der Waals surface area contributed by atoms with Gasteiger partial charge in [-0.15, -0.1) is 0 Å². The Morgan fingerprint density at radius 1 is 1.27 bits per heavy atom. The second-order valence-electron chi connectivity index (χ2n) is 3.18. The van der Waals surface area contributed by atoms with E-state index in [0.717, 1.165) is 12.0 Å². The molecule has 0 aliphatic carbocycles. The summed E-state index contributed by atoms with van der Waals surface area (Å²) < 4.78 is 22.9. The molecule has 0 amide bonds. The molecule has 5 heteroatoms. The Bertz CT molecular complexity index is 375. The van der Waals surface area contributed by atoms with Crippen LogP contribution in [-0.2, 0) is 20.6 Å². The molecule has 1 aromatic rings. The fourth-order valence-electron chi connectivity index (χ4n) is 1.06. The lowest BCUT2D eigenvalue weighted by Crippen LogP contribution is -2.25. The number of nitrogens with one attached hydrogen (secondary N) is 1. The number of sulfonamides is 1. The highest BCUT2D eigenvalue weighted by Gasteiger charge is 2.10. The van der Waals surface area contributed by atoms with E-state index in [1.165, 1.54) is 0 Å². The summed E-state index contributed by atoms with van der Waals surface area (Å²) in [5.41, 5.74) is 0.741. The summed E-state index contributed by atoms with van der Waals surface area (Å²) in [6.45, 7) is 2.29. The maximum absolute atomic E-state index is 11.4. The molecule has 0 bridgehead atoms. The molecule has 0 unspecified atom stereocenters. The van der Waals surface area contributed by atoms with Crippen molar-refractivity contribution in [1.29, 1.82) is 0 Å². The SMILES string of the molecule is CCCONS(=O)(=O)Cc1ccccc1. The zero-order valence-corrected chi connectivity index (χ0v) is 9.46. The molecule has 1 N–H and O–H groups in total. The third-order valence-corrected chi connectivity index (χ3v) is 2.78. The van der Waals surface area contributed by atoms with Crippen LogP contribution in [0, 0.1) is 0 Å². The second-order valence-corrected chi connectivity index (χ2v) is 4.86. The maximum Gasteiger partial charge on any atom is 0.237 e. The van der Waals surface area contributed by atoms with Gasteiger partial charge in [-0.1, -0.05) is 42.1 Å². The lowest BCUT2D eigenvalue weighted by atomic mass is 10.2. The minimum absolute atomic E-state index is 0.0580. The Balaban J connectivity index is 2.50. The lowest BCUT2D eigenvalue weighted by Gasteiger charge is -2.05. The molecule has 0 aromatic heterocycles. The minimum Gasteiger partial charge on any atom is -0.287 e. The van der Waals surface area contributed by atoms with Crippen molar-refractivity contribution in [3.8, 4) is 0 Å². The van der Waals surface area contributed by atoms with Gasteiger partial charge in [0.1, 0.15) is 0 Å². The molecule has 0 radical (unpaired) electrons. The lowest BCUT2D eigenvalue weighted by molar-refractivity contribution is 0.0937. The Morgan fingerprint density at radius 2 is 1.93 bits per heavy atom. The fraction of sp³-hybridized carbons (Fsp3) is 0.400. The first-order chi connectivity index (χ1) is 7.14. The van der Waals surface area contributed by atoms with Crippen molar-refractivity contribution < 1.29 is 13.3 Å². The molecule has 0 spiro atoms. The van der Waals surface area contributed by atoms with Gasteiger partial charge in [0.05, 0.1) is 12.4 Å². The summed E-state index contributed by atoms with van der Waals surface area (Å²) in [6.07, 6.45) is 0.772. The number of rotatable bonds is 6. The summed E-state index contributed by atoms with van der Waals surface area (Å²) >= 11 is 0. The Morgan fingerprint density at radius 3 is 2.53 bits per heavy atom. The van der Waals surface area contributed by atoms with Crippen LogP contribution < -0.4 is 4.89 Å². The smallest absolute Gasteiger partial charge is 0.237 e. The average molecular weight is 229 g/mol. The average Bonchev–Trinajstić information content (AvgIpc) is 2.18. The van der Waals surface area contributed by atoms with Gasteiger partial charge in [-0.3, -0.25) is 4.84 Å². The molecule has 0 aliphatic rings. The number of hydrogen-bond acceptors (Lipinski definition) is 3. The van der Waals surface area contributed by atoms with Gasteiger partial charge >= 0.3 is 0 Å². The van der Waals surface area contributed by atoms with Gasteiger partial charge in [0.15, 0.2) is 0 Å². The van der Waals surface area contributed by atoms with Crippen LogP contribution >= 0.6 is 0 Å². The van der Waals surface area contributed by atoms with E-state index in [2.05, 4.69) is 4.89 Å². The van der Waals surface area contributed by atoms with Crippen molar-refractivity contribution in [2.24, 2.45) is 0 Å². The molecule has 0 saturated carbocycles. The van der Waals surface area contributed by atoms with Gasteiger partial charge in [0, 0.05) is 0 Å². The summed E-state index contributed by atoms with van der Waals surface area (Å²) in [7, 11) is -3.38. The van der Waals surface area contributed by atoms with E-state index in [0.29, 0.717) is 6.61 Å². The molecule has 0 fully saturated rings. The zero-order valence-electron chi connectivity index (χ0n) is 8.64. The van der Waals surface area contributed by atoms with Crippen LogP contribution in [-0.4, -0.2) is 15.0 Å². The van der Waals surface area contributed by atoms with Crippen molar-refractivity contribution in [1.82, 2.24) is 4.89 Å². The normalized spacial score (nSPS) is 11.5. The van der Waals surface area contributed by atoms with Gasteiger partial charge in [-0.25, -0.2) is 8.42 Å². The highest BCUT2D eigenvalue weighted by molar-refractivity contribution is 7.88. The van der Waals surface area contributed by atoms with Crippen LogP contribution in [0.25, 0.3) is 0 Å². The fourth-order valence-corrected chi connectivity index (χ4v) is 2.01. The van der Waals surface area contributed by atoms with Crippen LogP contribution in [0.1, 0.15) is 18.9 Å². The quantitative estimate of drug-likeness (QED) is 0.593. The van der Waals surface area contributed by atoms with Gasteiger partial charge in [0.2, 0.25) is 10.0 Å². The molecule has 0 aliphatic heterocycles. The van der Waals surface area contributed by atoms with E-state index in [1.54, 1.807) is 24.3 Å². The zero-order chi connectivity index (χ0) is 11.1. The van der Waals surface area contributed by atoms with Crippen LogP contribution in [0.3, 0.4) is 0 Å². The van der Waals surface area contributed by atoms with Crippen molar-refractivity contribution in [3.63, 3.8) is 0 Å². The summed E-state index contributed by atoms with van der Waals surface area (Å²) in [6, 6.07) is 8.98. The van der Waals surface area contributed by atoms with E-state index in [4.69, 9.17) is 4.84 Å². The molecule has 4 nitrogen and oxygen atoms in total. The first kappa shape index (κ1) is 12.2. The van der Waals surface area contributed by atoms with Crippen molar-refractivity contribution in [2.45, 2.75) is 19.1 Å². The summed E-state index contributed by atoms with van der Waals surface area (Å²) in [4.78, 5) is 6.86. The maximum atomic E-state index is 11.4. The van der Waals surface area contributed by atoms with E-state index in [1.807, 2.05) is 13.0 Å². The Kier molecular flexibility index (Phi) is 4.74. The van der Waals surface area contributed by atoms with Crippen molar-refractivity contribution in [2.75, 3.05) is 6.61 Å². The predicted octanol–water partition coefficient (Wildman–Crippen LogP) is 1.45. The Labute approximate surface area is 90.3 Å². The van der Waals surface area contributed by atoms with E-state index in [-0.39, 0.29) is 5.75 Å². The second kappa shape index (κ2) is 5.85. The first-order valence-corrected chi connectivity index (χ1v) is 6.44. The molecule has 15 heavy (non-hydrogen) atoms. The van der Waals surface area contributed by atoms with E-state index < -0.39 is 10.0 Å². The number of hydrogen-bond donors (Lipinski definition) is 1. The van der Waals surface area contributed by atoms with Gasteiger partial charge in [-0.05, 0) is 12.0 Å². The molecule has 0 saturated heterocycles. The third kappa shape index (κ3) is 4.92. The standard InChI is InChI=1S/C10H15NO3S/c1-2-8-14-11-15(12,13)9-10-6-4-3-5-7-10/h3-7,11H,2,8-9H2,1H3. The largest absolute Gasteiger partial charge is 0.287 e. The van der Waals surface area contributed by atoms with Crippen LogP contribution in [0.4, 0.5) is 0 Å². The molecule has 1 rings (SSSR count). The summed E-state index contributed by atoms with van der Waals surface area (Å²) in [5, 5.41) is 0. The highest BCUT2D eigenvalue weighted by atomic mass is 32.2. The van der Waals surface area contributed by atoms with E-state index >= 15 is 0 Å². The Hall–Kier alpha value is -0.910. The third-order valence-electron chi connectivity index (χ3n) is 1.69. The van der Waals surface area contributed by atoms with Crippen LogP contribution in [0.5, 0.6) is 0 Å². The van der Waals surface area contributed by atoms with Gasteiger partial charge in [-0.2, -0.15) is 0 Å². The molecular formula is C10H15NO3S. The van der Waals surface area contributed by atoms with E-state index in [9.17, 15) is 8.42 Å². The topological polar surface area (TPSA) is 55.4 Å². The molecule has 0 atom stereocenters. The molecule has 1 aromatic carbocycles. The molecule has 84 valence electrons. The van der Waals surface area contributed by atoms with Crippen LogP contribution in [0.15, 0.2) is 30.3 Å². The van der Waals surface area contributed by atoms with Crippen molar-refractivity contribution in [3.05, 3.63) is 35.9 Å².